The number of amides is 2. The third-order valence-electron chi connectivity index (χ3n) is 3.68. The van der Waals surface area contributed by atoms with E-state index in [9.17, 15) is 14.4 Å². The van der Waals surface area contributed by atoms with Crippen molar-refractivity contribution in [3.05, 3.63) is 51.0 Å². The highest BCUT2D eigenvalue weighted by atomic mass is 35.5. The zero-order chi connectivity index (χ0) is 22.3. The number of ether oxygens (including phenoxy) is 3. The summed E-state index contributed by atoms with van der Waals surface area (Å²) >= 11 is 17.7. The lowest BCUT2D eigenvalue weighted by molar-refractivity contribution is -0.146. The van der Waals surface area contributed by atoms with E-state index in [1.54, 1.807) is 0 Å². The largest absolute Gasteiger partial charge is 0.495 e. The van der Waals surface area contributed by atoms with Crippen LogP contribution in [0.15, 0.2) is 30.3 Å². The van der Waals surface area contributed by atoms with Crippen LogP contribution in [0.3, 0.4) is 0 Å². The van der Waals surface area contributed by atoms with Gasteiger partial charge < -0.3 is 24.8 Å². The number of anilines is 1. The monoisotopic (exact) mass is 474 g/mol. The molecule has 0 fully saturated rings. The zero-order valence-corrected chi connectivity index (χ0v) is 18.2. The summed E-state index contributed by atoms with van der Waals surface area (Å²) < 4.78 is 15.1. The fourth-order valence-corrected chi connectivity index (χ4v) is 2.99. The lowest BCUT2D eigenvalue weighted by Gasteiger charge is -2.13. The third kappa shape index (κ3) is 6.41. The molecular formula is C19H17Cl3N2O6. The second-order valence-corrected chi connectivity index (χ2v) is 6.95. The average Bonchev–Trinajstić information content (AvgIpc) is 2.71. The van der Waals surface area contributed by atoms with Crippen molar-refractivity contribution in [2.75, 3.05) is 32.7 Å². The van der Waals surface area contributed by atoms with E-state index < -0.39 is 30.9 Å². The van der Waals surface area contributed by atoms with Gasteiger partial charge in [0.25, 0.3) is 11.8 Å². The first kappa shape index (κ1) is 23.6. The number of hydrogen-bond donors (Lipinski definition) is 2. The summed E-state index contributed by atoms with van der Waals surface area (Å²) in [7, 11) is 2.83. The lowest BCUT2D eigenvalue weighted by Crippen LogP contribution is -2.32. The molecule has 30 heavy (non-hydrogen) atoms. The molecule has 0 atom stereocenters. The van der Waals surface area contributed by atoms with Crippen molar-refractivity contribution < 1.29 is 28.6 Å². The summed E-state index contributed by atoms with van der Waals surface area (Å²) in [4.78, 5) is 35.9. The molecule has 0 spiro atoms. The molecule has 2 aromatic rings. The van der Waals surface area contributed by atoms with Gasteiger partial charge in [-0.25, -0.2) is 0 Å². The summed E-state index contributed by atoms with van der Waals surface area (Å²) in [6.45, 7) is -1.03. The van der Waals surface area contributed by atoms with Crippen molar-refractivity contribution in [2.24, 2.45) is 0 Å². The Kier molecular flexibility index (Phi) is 8.58. The fraction of sp³-hybridized carbons (Fsp3) is 0.211. The lowest BCUT2D eigenvalue weighted by atomic mass is 10.2. The van der Waals surface area contributed by atoms with Crippen LogP contribution in [-0.2, 0) is 14.3 Å². The molecule has 2 N–H and O–H groups in total. The molecular weight excluding hydrogens is 459 g/mol. The van der Waals surface area contributed by atoms with E-state index in [4.69, 9.17) is 49.0 Å². The number of nitrogens with one attached hydrogen (secondary N) is 2. The number of benzene rings is 2. The van der Waals surface area contributed by atoms with Crippen molar-refractivity contribution in [2.45, 2.75) is 0 Å². The number of carbonyl (C=O) groups excluding carboxylic acids is 3. The highest BCUT2D eigenvalue weighted by Gasteiger charge is 2.16. The summed E-state index contributed by atoms with van der Waals surface area (Å²) in [5.74, 6) is -1.40. The Balaban J connectivity index is 1.86. The summed E-state index contributed by atoms with van der Waals surface area (Å²) in [6, 6.07) is 7.26. The normalized spacial score (nSPS) is 10.2. The number of hydrogen-bond acceptors (Lipinski definition) is 6. The molecule has 11 heteroatoms. The van der Waals surface area contributed by atoms with Crippen molar-refractivity contribution in [3.63, 3.8) is 0 Å². The molecule has 0 aliphatic rings. The van der Waals surface area contributed by atoms with E-state index in [-0.39, 0.29) is 16.3 Å². The Morgan fingerprint density at radius 2 is 1.63 bits per heavy atom. The van der Waals surface area contributed by atoms with Gasteiger partial charge in [-0.2, -0.15) is 0 Å². The predicted octanol–water partition coefficient (Wildman–Crippen LogP) is 3.58. The Hall–Kier alpha value is -2.68. The molecule has 0 unspecified atom stereocenters. The minimum absolute atomic E-state index is 0.139. The average molecular weight is 476 g/mol. The van der Waals surface area contributed by atoms with Crippen LogP contribution in [0.4, 0.5) is 5.69 Å². The van der Waals surface area contributed by atoms with E-state index in [0.29, 0.717) is 21.5 Å². The highest BCUT2D eigenvalue weighted by molar-refractivity contribution is 6.36. The quantitative estimate of drug-likeness (QED) is 0.566. The Labute approximate surface area is 187 Å². The van der Waals surface area contributed by atoms with Crippen LogP contribution in [0.2, 0.25) is 15.1 Å². The molecule has 0 saturated carbocycles. The summed E-state index contributed by atoms with van der Waals surface area (Å²) in [5.41, 5.74) is 0.431. The predicted molar refractivity (Wildman–Crippen MR) is 113 cm³/mol. The standard InChI is InChI=1S/C19H17Cl3N2O6/c1-28-15-7-14(16(29-2)6-13(15)22)24-17(25)9-30-18(26)8-23-19(27)11-4-3-10(20)5-12(11)21/h3-7H,8-9H2,1-2H3,(H,23,27)(H,24,25). The minimum Gasteiger partial charge on any atom is -0.495 e. The van der Waals surface area contributed by atoms with Crippen molar-refractivity contribution in [1.29, 1.82) is 0 Å². The van der Waals surface area contributed by atoms with Crippen LogP contribution in [0.25, 0.3) is 0 Å². The van der Waals surface area contributed by atoms with Gasteiger partial charge >= 0.3 is 5.97 Å². The molecule has 0 aliphatic carbocycles. The van der Waals surface area contributed by atoms with Gasteiger partial charge in [0.15, 0.2) is 6.61 Å². The maximum Gasteiger partial charge on any atom is 0.325 e. The van der Waals surface area contributed by atoms with Crippen molar-refractivity contribution in [3.8, 4) is 11.5 Å². The van der Waals surface area contributed by atoms with Crippen LogP contribution in [-0.4, -0.2) is 45.2 Å². The Morgan fingerprint density at radius 3 is 2.27 bits per heavy atom. The number of rotatable bonds is 8. The second kappa shape index (κ2) is 10.9. The molecule has 0 aliphatic heterocycles. The second-order valence-electron chi connectivity index (χ2n) is 5.70. The van der Waals surface area contributed by atoms with E-state index in [1.807, 2.05) is 0 Å². The molecule has 0 aromatic heterocycles. The maximum absolute atomic E-state index is 12.1. The van der Waals surface area contributed by atoms with E-state index in [0.717, 1.165) is 0 Å². The van der Waals surface area contributed by atoms with Gasteiger partial charge in [0.05, 0.1) is 35.5 Å². The smallest absolute Gasteiger partial charge is 0.325 e. The van der Waals surface area contributed by atoms with E-state index >= 15 is 0 Å². The SMILES string of the molecule is COc1cc(NC(=O)COC(=O)CNC(=O)c2ccc(Cl)cc2Cl)c(OC)cc1Cl. The Morgan fingerprint density at radius 1 is 0.933 bits per heavy atom. The van der Waals surface area contributed by atoms with Crippen LogP contribution in [0.1, 0.15) is 10.4 Å². The molecule has 8 nitrogen and oxygen atoms in total. The zero-order valence-electron chi connectivity index (χ0n) is 15.9. The van der Waals surface area contributed by atoms with Gasteiger partial charge in [-0.15, -0.1) is 0 Å². The number of methoxy groups -OCH3 is 2. The van der Waals surface area contributed by atoms with Crippen LogP contribution in [0.5, 0.6) is 11.5 Å². The fourth-order valence-electron chi connectivity index (χ4n) is 2.26. The number of halogens is 3. The molecule has 0 radical (unpaired) electrons. The molecule has 0 saturated heterocycles. The van der Waals surface area contributed by atoms with E-state index in [1.165, 1.54) is 44.6 Å². The third-order valence-corrected chi connectivity index (χ3v) is 4.52. The molecule has 160 valence electrons. The van der Waals surface area contributed by atoms with Gasteiger partial charge in [0, 0.05) is 17.2 Å². The molecule has 2 amide bonds. The van der Waals surface area contributed by atoms with E-state index in [2.05, 4.69) is 10.6 Å². The Bertz CT molecular complexity index is 968. The van der Waals surface area contributed by atoms with Gasteiger partial charge in [-0.05, 0) is 18.2 Å². The highest BCUT2D eigenvalue weighted by Crippen LogP contribution is 2.35. The summed E-state index contributed by atoms with van der Waals surface area (Å²) in [6.07, 6.45) is 0. The van der Waals surface area contributed by atoms with Gasteiger partial charge in [-0.3, -0.25) is 14.4 Å². The van der Waals surface area contributed by atoms with Crippen LogP contribution >= 0.6 is 34.8 Å². The van der Waals surface area contributed by atoms with Crippen LogP contribution in [0, 0.1) is 0 Å². The molecule has 0 bridgehead atoms. The number of carbonyl (C=O) groups is 3. The number of esters is 1. The first-order chi connectivity index (χ1) is 14.2. The molecule has 2 aromatic carbocycles. The maximum atomic E-state index is 12.1. The topological polar surface area (TPSA) is 103 Å². The van der Waals surface area contributed by atoms with Gasteiger partial charge in [0.2, 0.25) is 0 Å². The first-order valence-electron chi connectivity index (χ1n) is 8.35. The van der Waals surface area contributed by atoms with Gasteiger partial charge in [-0.1, -0.05) is 34.8 Å². The molecule has 2 rings (SSSR count). The van der Waals surface area contributed by atoms with Crippen molar-refractivity contribution >= 4 is 58.3 Å². The first-order valence-corrected chi connectivity index (χ1v) is 9.48. The van der Waals surface area contributed by atoms with Crippen molar-refractivity contribution in [1.82, 2.24) is 5.32 Å². The minimum atomic E-state index is -0.816. The van der Waals surface area contributed by atoms with Crippen LogP contribution < -0.4 is 20.1 Å². The summed E-state index contributed by atoms with van der Waals surface area (Å²) in [5, 5.41) is 5.69. The molecule has 0 heterocycles. The van der Waals surface area contributed by atoms with Gasteiger partial charge in [0.1, 0.15) is 18.0 Å².